The van der Waals surface area contributed by atoms with Crippen molar-refractivity contribution in [3.63, 3.8) is 0 Å². The molecule has 2 aromatic rings. The summed E-state index contributed by atoms with van der Waals surface area (Å²) in [6.07, 6.45) is 0. The Hall–Kier alpha value is 0.0495. The third-order valence-corrected chi connectivity index (χ3v) is 7.00. The molecule has 0 aliphatic heterocycles. The van der Waals surface area contributed by atoms with Crippen molar-refractivity contribution < 1.29 is 0 Å². The predicted octanol–water partition coefficient (Wildman–Crippen LogP) is 2.62. The summed E-state index contributed by atoms with van der Waals surface area (Å²) < 4.78 is 4.46. The van der Waals surface area contributed by atoms with Crippen molar-refractivity contribution in [3.05, 3.63) is 24.3 Å². The Bertz CT molecular complexity index is 334. The van der Waals surface area contributed by atoms with Crippen LogP contribution in [0.3, 0.4) is 0 Å². The van der Waals surface area contributed by atoms with Crippen molar-refractivity contribution >= 4 is 50.1 Å². The average molecular weight is 246 g/mol. The first-order valence-corrected chi connectivity index (χ1v) is 7.46. The van der Waals surface area contributed by atoms with Crippen molar-refractivity contribution in [1.82, 2.24) is 0 Å². The van der Waals surface area contributed by atoms with E-state index in [-0.39, 0.29) is 0 Å². The van der Waals surface area contributed by atoms with Crippen LogP contribution in [-0.2, 0) is 0 Å². The minimum atomic E-state index is 0.675. The summed E-state index contributed by atoms with van der Waals surface area (Å²) in [5.74, 6) is 2.27. The van der Waals surface area contributed by atoms with Gasteiger partial charge in [0.2, 0.25) is 0 Å². The predicted molar refractivity (Wildman–Crippen MR) is 55.4 cm³/mol. The van der Waals surface area contributed by atoms with Crippen LogP contribution in [0.5, 0.6) is 0 Å². The molecule has 0 N–H and O–H groups in total. The number of benzene rings is 1. The standard InChI is InChI=1S/C8H7S2Se/c1-11-8-9-6-4-2-3-5-7(6)10-8/h2-5H,1H3/q+1. The van der Waals surface area contributed by atoms with Crippen LogP contribution in [0.15, 0.2) is 24.3 Å². The topological polar surface area (TPSA) is 0 Å². The van der Waals surface area contributed by atoms with Gasteiger partial charge in [-0.05, 0) is 0 Å². The Kier molecular flexibility index (Phi) is 2.23. The van der Waals surface area contributed by atoms with Crippen LogP contribution in [0.25, 0.3) is 9.40 Å². The average Bonchev–Trinajstić information content (AvgIpc) is 2.46. The van der Waals surface area contributed by atoms with Gasteiger partial charge in [0.05, 0.1) is 0 Å². The van der Waals surface area contributed by atoms with E-state index in [9.17, 15) is 0 Å². The SMILES string of the molecule is C[Se]c1sc2ccccc2[s+]1. The zero-order valence-corrected chi connectivity index (χ0v) is 9.38. The Morgan fingerprint density at radius 1 is 1.36 bits per heavy atom. The number of rotatable bonds is 1. The summed E-state index contributed by atoms with van der Waals surface area (Å²) in [5, 5.41) is 0. The molecule has 0 aliphatic carbocycles. The van der Waals surface area contributed by atoms with Gasteiger partial charge in [-0.15, -0.1) is 0 Å². The van der Waals surface area contributed by atoms with Gasteiger partial charge in [-0.1, -0.05) is 0 Å². The third kappa shape index (κ3) is 1.47. The molecule has 0 radical (unpaired) electrons. The normalized spacial score (nSPS) is 10.6. The molecule has 0 bridgehead atoms. The van der Waals surface area contributed by atoms with Crippen molar-refractivity contribution in [2.45, 2.75) is 5.82 Å². The first kappa shape index (κ1) is 7.69. The second-order valence-electron chi connectivity index (χ2n) is 2.10. The van der Waals surface area contributed by atoms with Crippen molar-refractivity contribution in [2.75, 3.05) is 0 Å². The van der Waals surface area contributed by atoms with Gasteiger partial charge in [-0.2, -0.15) is 0 Å². The van der Waals surface area contributed by atoms with E-state index >= 15 is 0 Å². The Morgan fingerprint density at radius 2 is 2.18 bits per heavy atom. The molecule has 2 rings (SSSR count). The molecule has 0 nitrogen and oxygen atoms in total. The van der Waals surface area contributed by atoms with Crippen LogP contribution < -0.4 is 3.09 Å². The van der Waals surface area contributed by atoms with Crippen LogP contribution in [0, 0.1) is 0 Å². The van der Waals surface area contributed by atoms with Crippen LogP contribution in [0.1, 0.15) is 0 Å². The van der Waals surface area contributed by atoms with Crippen molar-refractivity contribution in [1.29, 1.82) is 0 Å². The Morgan fingerprint density at radius 3 is 2.91 bits per heavy atom. The van der Waals surface area contributed by atoms with E-state index in [1.807, 2.05) is 22.7 Å². The number of fused-ring (bicyclic) bond motifs is 1. The van der Waals surface area contributed by atoms with E-state index in [1.54, 1.807) is 3.09 Å². The number of hydrogen-bond donors (Lipinski definition) is 0. The first-order valence-electron chi connectivity index (χ1n) is 3.26. The van der Waals surface area contributed by atoms with Crippen LogP contribution in [0.4, 0.5) is 0 Å². The fraction of sp³-hybridized carbons (Fsp3) is 0.125. The molecular formula is C8H7S2Se+. The molecule has 1 heterocycles. The Balaban J connectivity index is 2.69. The van der Waals surface area contributed by atoms with Crippen LogP contribution in [0.2, 0.25) is 5.82 Å². The van der Waals surface area contributed by atoms with Crippen LogP contribution >= 0.6 is 22.7 Å². The maximum absolute atomic E-state index is 2.27. The summed E-state index contributed by atoms with van der Waals surface area (Å²) in [6, 6.07) is 8.62. The molecule has 3 heteroatoms. The van der Waals surface area contributed by atoms with E-state index in [4.69, 9.17) is 0 Å². The van der Waals surface area contributed by atoms with E-state index in [0.717, 1.165) is 0 Å². The summed E-state index contributed by atoms with van der Waals surface area (Å²) in [6.45, 7) is 0. The van der Waals surface area contributed by atoms with E-state index in [0.29, 0.717) is 15.0 Å². The second-order valence-corrected chi connectivity index (χ2v) is 7.35. The minimum absolute atomic E-state index is 0.675. The molecule has 0 saturated carbocycles. The monoisotopic (exact) mass is 247 g/mol. The van der Waals surface area contributed by atoms with Gasteiger partial charge in [0.1, 0.15) is 0 Å². The summed E-state index contributed by atoms with van der Waals surface area (Å²) in [7, 11) is 0. The van der Waals surface area contributed by atoms with Crippen LogP contribution in [-0.4, -0.2) is 15.0 Å². The Labute approximate surface area is 80.0 Å². The zero-order chi connectivity index (χ0) is 7.68. The fourth-order valence-electron chi connectivity index (χ4n) is 0.903. The maximum atomic E-state index is 2.27. The van der Waals surface area contributed by atoms with Crippen molar-refractivity contribution in [3.8, 4) is 0 Å². The molecule has 1 aromatic heterocycles. The van der Waals surface area contributed by atoms with E-state index < -0.39 is 0 Å². The molecule has 11 heavy (non-hydrogen) atoms. The van der Waals surface area contributed by atoms with Gasteiger partial charge in [-0.25, -0.2) is 0 Å². The quantitative estimate of drug-likeness (QED) is 0.536. The molecule has 0 spiro atoms. The molecule has 0 atom stereocenters. The van der Waals surface area contributed by atoms with Gasteiger partial charge >= 0.3 is 80.2 Å². The van der Waals surface area contributed by atoms with E-state index in [2.05, 4.69) is 30.1 Å². The van der Waals surface area contributed by atoms with Gasteiger partial charge in [-0.3, -0.25) is 0 Å². The van der Waals surface area contributed by atoms with Gasteiger partial charge in [0.25, 0.3) is 0 Å². The molecule has 1 aromatic carbocycles. The van der Waals surface area contributed by atoms with Crippen molar-refractivity contribution in [2.24, 2.45) is 0 Å². The van der Waals surface area contributed by atoms with Gasteiger partial charge in [0.15, 0.2) is 0 Å². The van der Waals surface area contributed by atoms with Gasteiger partial charge in [0, 0.05) is 0 Å². The molecule has 56 valence electrons. The van der Waals surface area contributed by atoms with Gasteiger partial charge < -0.3 is 0 Å². The van der Waals surface area contributed by atoms with E-state index in [1.165, 1.54) is 9.40 Å². The molecule has 0 amide bonds. The molecule has 0 fully saturated rings. The summed E-state index contributed by atoms with van der Waals surface area (Å²) in [5.41, 5.74) is 0. The fourth-order valence-corrected chi connectivity index (χ4v) is 5.19. The first-order chi connectivity index (χ1) is 5.40. The zero-order valence-electron chi connectivity index (χ0n) is 6.03. The molecule has 0 saturated heterocycles. The molecular weight excluding hydrogens is 239 g/mol. The third-order valence-electron chi connectivity index (χ3n) is 1.40. The number of hydrogen-bond acceptors (Lipinski definition) is 1. The molecule has 0 unspecified atom stereocenters. The summed E-state index contributed by atoms with van der Waals surface area (Å²) in [4.78, 5) is 0. The molecule has 0 aliphatic rings. The summed E-state index contributed by atoms with van der Waals surface area (Å²) >= 11 is 4.56. The second kappa shape index (κ2) is 3.19.